The molecule has 1 aliphatic rings. The molecule has 22 heavy (non-hydrogen) atoms. The lowest BCUT2D eigenvalue weighted by molar-refractivity contribution is 0.444. The van der Waals surface area contributed by atoms with E-state index in [0.717, 1.165) is 22.9 Å². The summed E-state index contributed by atoms with van der Waals surface area (Å²) in [4.78, 5) is 2.27. The molecular formula is C16H19N5S. The zero-order valence-corrected chi connectivity index (χ0v) is 13.8. The number of thiophene rings is 1. The van der Waals surface area contributed by atoms with Gasteiger partial charge in [0, 0.05) is 24.0 Å². The van der Waals surface area contributed by atoms with Crippen LogP contribution >= 0.6 is 11.3 Å². The van der Waals surface area contributed by atoms with Crippen molar-refractivity contribution in [2.75, 3.05) is 11.9 Å². The Kier molecular flexibility index (Phi) is 2.97. The van der Waals surface area contributed by atoms with E-state index >= 15 is 0 Å². The second kappa shape index (κ2) is 4.78. The minimum atomic E-state index is 0.425. The zero-order chi connectivity index (χ0) is 15.3. The lowest BCUT2D eigenvalue weighted by Gasteiger charge is -2.30. The monoisotopic (exact) mass is 313 g/mol. The molecule has 6 heteroatoms. The van der Waals surface area contributed by atoms with Crippen molar-refractivity contribution in [2.45, 2.75) is 32.7 Å². The van der Waals surface area contributed by atoms with Gasteiger partial charge in [-0.05, 0) is 48.8 Å². The van der Waals surface area contributed by atoms with Crippen LogP contribution in [0.3, 0.4) is 0 Å². The summed E-state index contributed by atoms with van der Waals surface area (Å²) in [5.74, 6) is 1.76. The third kappa shape index (κ3) is 2.09. The average molecular weight is 313 g/mol. The molecule has 0 spiro atoms. The molecule has 3 aromatic heterocycles. The summed E-state index contributed by atoms with van der Waals surface area (Å²) in [5, 5.41) is 17.4. The highest BCUT2D eigenvalue weighted by Gasteiger charge is 2.44. The van der Waals surface area contributed by atoms with Gasteiger partial charge in [0.05, 0.1) is 0 Å². The van der Waals surface area contributed by atoms with Crippen LogP contribution in [0.2, 0.25) is 0 Å². The van der Waals surface area contributed by atoms with Crippen LogP contribution < -0.4 is 4.90 Å². The topological polar surface area (TPSA) is 46.3 Å². The number of anilines is 1. The van der Waals surface area contributed by atoms with Crippen molar-refractivity contribution in [1.82, 2.24) is 19.8 Å². The summed E-state index contributed by atoms with van der Waals surface area (Å²) < 4.78 is 1.84. The molecular weight excluding hydrogens is 294 g/mol. The molecule has 4 rings (SSSR count). The van der Waals surface area contributed by atoms with E-state index in [1.165, 1.54) is 12.8 Å². The predicted molar refractivity (Wildman–Crippen MR) is 89.3 cm³/mol. The summed E-state index contributed by atoms with van der Waals surface area (Å²) in [5.41, 5.74) is 2.27. The molecule has 0 aromatic carbocycles. The van der Waals surface area contributed by atoms with Crippen LogP contribution in [0.5, 0.6) is 0 Å². The molecule has 3 aromatic rings. The Morgan fingerprint density at radius 3 is 2.77 bits per heavy atom. The van der Waals surface area contributed by atoms with Crippen LogP contribution in [0.15, 0.2) is 29.0 Å². The molecule has 1 saturated carbocycles. The van der Waals surface area contributed by atoms with Gasteiger partial charge < -0.3 is 4.90 Å². The molecule has 3 heterocycles. The van der Waals surface area contributed by atoms with Crippen molar-refractivity contribution in [3.8, 4) is 11.4 Å². The zero-order valence-electron chi connectivity index (χ0n) is 13.0. The number of fused-ring (bicyclic) bond motifs is 1. The molecule has 1 fully saturated rings. The van der Waals surface area contributed by atoms with Crippen LogP contribution in [0.4, 0.5) is 5.82 Å². The number of hydrogen-bond acceptors (Lipinski definition) is 5. The lowest BCUT2D eigenvalue weighted by Crippen LogP contribution is -2.36. The van der Waals surface area contributed by atoms with Crippen molar-refractivity contribution < 1.29 is 0 Å². The number of hydrogen-bond donors (Lipinski definition) is 0. The van der Waals surface area contributed by atoms with Crippen LogP contribution in [-0.2, 0) is 0 Å². The second-order valence-corrected chi connectivity index (χ2v) is 7.22. The first kappa shape index (κ1) is 13.7. The molecule has 0 amide bonds. The highest BCUT2D eigenvalue weighted by molar-refractivity contribution is 7.08. The van der Waals surface area contributed by atoms with E-state index in [9.17, 15) is 0 Å². The fourth-order valence-corrected chi connectivity index (χ4v) is 3.45. The van der Waals surface area contributed by atoms with Crippen LogP contribution in [-0.4, -0.2) is 32.9 Å². The Balaban J connectivity index is 1.75. The van der Waals surface area contributed by atoms with Crippen LogP contribution in [0.1, 0.15) is 26.7 Å². The first-order valence-electron chi connectivity index (χ1n) is 7.56. The van der Waals surface area contributed by atoms with E-state index in [4.69, 9.17) is 5.10 Å². The largest absolute Gasteiger partial charge is 0.355 e. The predicted octanol–water partition coefficient (Wildman–Crippen LogP) is 3.48. The van der Waals surface area contributed by atoms with Gasteiger partial charge >= 0.3 is 0 Å². The summed E-state index contributed by atoms with van der Waals surface area (Å²) in [7, 11) is 2.12. The normalized spacial score (nSPS) is 17.6. The highest BCUT2D eigenvalue weighted by atomic mass is 32.1. The van der Waals surface area contributed by atoms with E-state index in [2.05, 4.69) is 41.4 Å². The van der Waals surface area contributed by atoms with Crippen molar-refractivity contribution >= 4 is 22.8 Å². The SMILES string of the molecule is CC(N(C)c1ccc2nnc(-c3ccsc3)n2n1)C1(C)CC1. The molecule has 5 nitrogen and oxygen atoms in total. The number of nitrogens with zero attached hydrogens (tertiary/aromatic N) is 5. The van der Waals surface area contributed by atoms with Gasteiger partial charge in [-0.2, -0.15) is 15.9 Å². The van der Waals surface area contributed by atoms with E-state index in [1.54, 1.807) is 11.3 Å². The molecule has 114 valence electrons. The Morgan fingerprint density at radius 2 is 2.09 bits per heavy atom. The molecule has 0 aliphatic heterocycles. The van der Waals surface area contributed by atoms with Crippen molar-refractivity contribution in [2.24, 2.45) is 5.41 Å². The fraction of sp³-hybridized carbons (Fsp3) is 0.438. The standard InChI is InChI=1S/C16H19N5S/c1-11(16(2)7-8-16)20(3)14-5-4-13-17-18-15(21(13)19-14)12-6-9-22-10-12/h4-6,9-11H,7-8H2,1-3H3. The van der Waals surface area contributed by atoms with Gasteiger partial charge in [-0.1, -0.05) is 6.92 Å². The number of rotatable bonds is 4. The van der Waals surface area contributed by atoms with Gasteiger partial charge in [-0.3, -0.25) is 0 Å². The Hall–Kier alpha value is -1.95. The quantitative estimate of drug-likeness (QED) is 0.740. The van der Waals surface area contributed by atoms with Crippen molar-refractivity contribution in [1.29, 1.82) is 0 Å². The van der Waals surface area contributed by atoms with Gasteiger partial charge in [-0.15, -0.1) is 15.3 Å². The summed E-state index contributed by atoms with van der Waals surface area (Å²) in [6.45, 7) is 4.63. The Labute approximate surface area is 133 Å². The van der Waals surface area contributed by atoms with E-state index < -0.39 is 0 Å². The van der Waals surface area contributed by atoms with Gasteiger partial charge in [0.25, 0.3) is 0 Å². The molecule has 0 N–H and O–H groups in total. The maximum atomic E-state index is 4.78. The molecule has 0 radical (unpaired) electrons. The lowest BCUT2D eigenvalue weighted by atomic mass is 10.00. The first-order chi connectivity index (χ1) is 10.6. The van der Waals surface area contributed by atoms with Gasteiger partial charge in [0.1, 0.15) is 5.82 Å². The van der Waals surface area contributed by atoms with Gasteiger partial charge in [0.15, 0.2) is 11.5 Å². The highest BCUT2D eigenvalue weighted by Crippen LogP contribution is 2.50. The summed E-state index contributed by atoms with van der Waals surface area (Å²) in [6, 6.07) is 6.54. The maximum absolute atomic E-state index is 4.78. The molecule has 1 aliphatic carbocycles. The van der Waals surface area contributed by atoms with Crippen molar-refractivity contribution in [3.05, 3.63) is 29.0 Å². The maximum Gasteiger partial charge on any atom is 0.186 e. The molecule has 0 bridgehead atoms. The Morgan fingerprint density at radius 1 is 1.27 bits per heavy atom. The average Bonchev–Trinajstić information content (AvgIpc) is 2.97. The number of aromatic nitrogens is 4. The van der Waals surface area contributed by atoms with Crippen LogP contribution in [0.25, 0.3) is 17.0 Å². The van der Waals surface area contributed by atoms with Crippen molar-refractivity contribution in [3.63, 3.8) is 0 Å². The van der Waals surface area contributed by atoms with Crippen LogP contribution in [0, 0.1) is 5.41 Å². The third-order valence-corrected chi connectivity index (χ3v) is 5.70. The van der Waals surface area contributed by atoms with E-state index in [-0.39, 0.29) is 0 Å². The smallest absolute Gasteiger partial charge is 0.186 e. The van der Waals surface area contributed by atoms with E-state index in [1.807, 2.05) is 28.1 Å². The summed E-state index contributed by atoms with van der Waals surface area (Å²) in [6.07, 6.45) is 2.60. The molecule has 1 atom stereocenters. The van der Waals surface area contributed by atoms with Gasteiger partial charge in [-0.25, -0.2) is 0 Å². The molecule has 0 saturated heterocycles. The first-order valence-corrected chi connectivity index (χ1v) is 8.51. The Bertz CT molecular complexity index is 803. The van der Waals surface area contributed by atoms with Gasteiger partial charge in [0.2, 0.25) is 0 Å². The fourth-order valence-electron chi connectivity index (χ4n) is 2.82. The third-order valence-electron chi connectivity index (χ3n) is 5.02. The summed E-state index contributed by atoms with van der Waals surface area (Å²) >= 11 is 1.65. The second-order valence-electron chi connectivity index (χ2n) is 6.44. The minimum Gasteiger partial charge on any atom is -0.355 e. The minimum absolute atomic E-state index is 0.425. The molecule has 1 unspecified atom stereocenters. The van der Waals surface area contributed by atoms with E-state index in [0.29, 0.717) is 11.5 Å².